The summed E-state index contributed by atoms with van der Waals surface area (Å²) in [5.41, 5.74) is 11.0. The fraction of sp³-hybridized carbons (Fsp3) is 0.433. The van der Waals surface area contributed by atoms with Gasteiger partial charge in [0.25, 0.3) is 0 Å². The summed E-state index contributed by atoms with van der Waals surface area (Å²) in [5, 5.41) is 3.78. The Kier molecular flexibility index (Phi) is 6.66. The van der Waals surface area contributed by atoms with Crippen LogP contribution in [0.5, 0.6) is 5.75 Å². The zero-order valence-electron chi connectivity index (χ0n) is 22.2. The lowest BCUT2D eigenvalue weighted by Crippen LogP contribution is -2.33. The minimum atomic E-state index is -0.434. The molecule has 1 aromatic heterocycles. The van der Waals surface area contributed by atoms with Gasteiger partial charge >= 0.3 is 6.09 Å². The number of carbonyl (C=O) groups excluding carboxylic acids is 3. The molecule has 1 atom stereocenters. The first kappa shape index (κ1) is 25.3. The molecular formula is C30H34N4O5. The van der Waals surface area contributed by atoms with Gasteiger partial charge in [0, 0.05) is 41.6 Å². The highest BCUT2D eigenvalue weighted by Crippen LogP contribution is 2.45. The van der Waals surface area contributed by atoms with Crippen molar-refractivity contribution >= 4 is 40.2 Å². The second kappa shape index (κ2) is 10.3. The van der Waals surface area contributed by atoms with E-state index in [1.165, 1.54) is 11.3 Å². The van der Waals surface area contributed by atoms with Gasteiger partial charge in [-0.25, -0.2) is 4.79 Å². The summed E-state index contributed by atoms with van der Waals surface area (Å²) >= 11 is 0. The molecule has 2 heterocycles. The molecule has 6 rings (SSSR count). The van der Waals surface area contributed by atoms with Crippen molar-refractivity contribution in [2.24, 2.45) is 5.92 Å². The first-order valence-electron chi connectivity index (χ1n) is 13.9. The van der Waals surface area contributed by atoms with E-state index in [4.69, 9.17) is 15.2 Å². The molecule has 39 heavy (non-hydrogen) atoms. The zero-order chi connectivity index (χ0) is 27.1. The van der Waals surface area contributed by atoms with Crippen molar-refractivity contribution in [3.8, 4) is 17.0 Å². The van der Waals surface area contributed by atoms with E-state index >= 15 is 0 Å². The largest absolute Gasteiger partial charge is 0.492 e. The molecule has 9 nitrogen and oxygen atoms in total. The van der Waals surface area contributed by atoms with Gasteiger partial charge in [0.2, 0.25) is 11.8 Å². The van der Waals surface area contributed by atoms with Crippen LogP contribution < -0.4 is 15.8 Å². The number of hydrogen-bond acceptors (Lipinski definition) is 6. The number of imide groups is 1. The van der Waals surface area contributed by atoms with E-state index in [1.807, 2.05) is 49.4 Å². The third-order valence-electron chi connectivity index (χ3n) is 8.18. The van der Waals surface area contributed by atoms with Crippen LogP contribution in [0.25, 0.3) is 22.2 Å². The Balaban J connectivity index is 1.22. The van der Waals surface area contributed by atoms with Crippen LogP contribution in [0, 0.1) is 5.92 Å². The number of ether oxygens (including phenoxy) is 2. The van der Waals surface area contributed by atoms with E-state index in [9.17, 15) is 14.4 Å². The number of amides is 3. The third kappa shape index (κ3) is 5.05. The maximum atomic E-state index is 12.3. The number of fused-ring (bicyclic) bond motifs is 1. The second-order valence-corrected chi connectivity index (χ2v) is 10.8. The van der Waals surface area contributed by atoms with Crippen molar-refractivity contribution in [1.82, 2.24) is 9.47 Å². The lowest BCUT2D eigenvalue weighted by molar-refractivity contribution is -0.138. The summed E-state index contributed by atoms with van der Waals surface area (Å²) in [7, 11) is 0. The van der Waals surface area contributed by atoms with Crippen LogP contribution in [0.15, 0.2) is 42.5 Å². The van der Waals surface area contributed by atoms with Crippen LogP contribution in [0.1, 0.15) is 57.9 Å². The van der Waals surface area contributed by atoms with E-state index in [2.05, 4.69) is 9.88 Å². The molecule has 0 bridgehead atoms. The van der Waals surface area contributed by atoms with Gasteiger partial charge in [-0.15, -0.1) is 0 Å². The number of nitrogens with one attached hydrogen (secondary N) is 1. The van der Waals surface area contributed by atoms with Crippen LogP contribution in [-0.4, -0.2) is 46.6 Å². The van der Waals surface area contributed by atoms with Gasteiger partial charge < -0.3 is 19.8 Å². The minimum Gasteiger partial charge on any atom is -0.492 e. The summed E-state index contributed by atoms with van der Waals surface area (Å²) in [5.74, 6) is 0.881. The standard InChI is InChI=1S/C30H34N4O5/c1-18(19-5-6-19)39-30(37)32-21-9-7-20(8-10-21)29-28(31)24-12-11-23(17-25(24)34(29)22-3-2-4-22)38-16-15-33-26(35)13-14-27(33)36/h7-12,17-19,22H,2-6,13-16,31H2,1H3,(H,32,37)/t18-/m1/s1. The summed E-state index contributed by atoms with van der Waals surface area (Å²) in [4.78, 5) is 37.3. The summed E-state index contributed by atoms with van der Waals surface area (Å²) in [6, 6.07) is 13.9. The molecule has 204 valence electrons. The SMILES string of the molecule is C[C@@H](OC(=O)Nc1ccc(-c2c(N)c3ccc(OCCN4C(=O)CCC4=O)cc3n2C2CCC2)cc1)C1CC1. The minimum absolute atomic E-state index is 0.0682. The van der Waals surface area contributed by atoms with Crippen LogP contribution in [0.3, 0.4) is 0 Å². The highest BCUT2D eigenvalue weighted by atomic mass is 16.6. The maximum absolute atomic E-state index is 12.3. The number of aromatic nitrogens is 1. The monoisotopic (exact) mass is 530 g/mol. The lowest BCUT2D eigenvalue weighted by Gasteiger charge is -2.30. The van der Waals surface area contributed by atoms with Crippen LogP contribution in [-0.2, 0) is 14.3 Å². The van der Waals surface area contributed by atoms with Gasteiger partial charge in [-0.05, 0) is 69.2 Å². The molecule has 2 saturated carbocycles. The van der Waals surface area contributed by atoms with Gasteiger partial charge in [-0.3, -0.25) is 19.8 Å². The maximum Gasteiger partial charge on any atom is 0.411 e. The van der Waals surface area contributed by atoms with Crippen molar-refractivity contribution in [3.05, 3.63) is 42.5 Å². The van der Waals surface area contributed by atoms with E-state index in [0.717, 1.165) is 47.8 Å². The fourth-order valence-corrected chi connectivity index (χ4v) is 5.54. The Morgan fingerprint density at radius 2 is 1.77 bits per heavy atom. The predicted molar refractivity (Wildman–Crippen MR) is 148 cm³/mol. The van der Waals surface area contributed by atoms with E-state index in [1.54, 1.807) is 0 Å². The second-order valence-electron chi connectivity index (χ2n) is 10.8. The molecule has 0 unspecified atom stereocenters. The Labute approximate surface area is 227 Å². The lowest BCUT2D eigenvalue weighted by atomic mass is 9.92. The summed E-state index contributed by atoms with van der Waals surface area (Å²) in [6.07, 6.45) is 5.61. The highest BCUT2D eigenvalue weighted by molar-refractivity contribution is 6.02. The molecule has 3 fully saturated rings. The number of carbonyl (C=O) groups is 3. The van der Waals surface area contributed by atoms with Gasteiger partial charge in [0.15, 0.2) is 0 Å². The molecule has 3 N–H and O–H groups in total. The van der Waals surface area contributed by atoms with E-state index < -0.39 is 6.09 Å². The summed E-state index contributed by atoms with van der Waals surface area (Å²) < 4.78 is 13.7. The number of benzene rings is 2. The zero-order valence-corrected chi connectivity index (χ0v) is 22.2. The molecule has 3 aliphatic rings. The number of rotatable bonds is 9. The molecule has 1 aliphatic heterocycles. The quantitative estimate of drug-likeness (QED) is 0.354. The van der Waals surface area contributed by atoms with Gasteiger partial charge in [-0.1, -0.05) is 12.1 Å². The topological polar surface area (TPSA) is 116 Å². The molecule has 0 spiro atoms. The average Bonchev–Trinajstić information content (AvgIpc) is 3.65. The smallest absolute Gasteiger partial charge is 0.411 e. The number of hydrogen-bond donors (Lipinski definition) is 2. The van der Waals surface area contributed by atoms with Crippen molar-refractivity contribution in [1.29, 1.82) is 0 Å². The average molecular weight is 531 g/mol. The van der Waals surface area contributed by atoms with Gasteiger partial charge in [0.05, 0.1) is 23.4 Å². The first-order chi connectivity index (χ1) is 18.9. The van der Waals surface area contributed by atoms with Crippen molar-refractivity contribution < 1.29 is 23.9 Å². The van der Waals surface area contributed by atoms with E-state index in [0.29, 0.717) is 29.1 Å². The molecule has 3 amide bonds. The van der Waals surface area contributed by atoms with Crippen LogP contribution in [0.2, 0.25) is 0 Å². The summed E-state index contributed by atoms with van der Waals surface area (Å²) in [6.45, 7) is 2.43. The van der Waals surface area contributed by atoms with Crippen molar-refractivity contribution in [2.75, 3.05) is 24.2 Å². The van der Waals surface area contributed by atoms with Crippen molar-refractivity contribution in [2.45, 2.75) is 64.0 Å². The predicted octanol–water partition coefficient (Wildman–Crippen LogP) is 5.49. The molecule has 2 aromatic carbocycles. The molecular weight excluding hydrogens is 496 g/mol. The number of anilines is 2. The van der Waals surface area contributed by atoms with Crippen LogP contribution >= 0.6 is 0 Å². The number of nitrogens with two attached hydrogens (primary N) is 1. The van der Waals surface area contributed by atoms with Gasteiger partial charge in [-0.2, -0.15) is 0 Å². The number of likely N-dealkylation sites (tertiary alicyclic amines) is 1. The molecule has 1 saturated heterocycles. The van der Waals surface area contributed by atoms with Gasteiger partial charge in [0.1, 0.15) is 18.5 Å². The molecule has 9 heteroatoms. The Morgan fingerprint density at radius 3 is 2.41 bits per heavy atom. The Hall–Kier alpha value is -4.01. The van der Waals surface area contributed by atoms with Crippen molar-refractivity contribution in [3.63, 3.8) is 0 Å². The molecule has 3 aromatic rings. The first-order valence-corrected chi connectivity index (χ1v) is 13.9. The molecule has 0 radical (unpaired) electrons. The number of nitrogens with zero attached hydrogens (tertiary/aromatic N) is 2. The fourth-order valence-electron chi connectivity index (χ4n) is 5.54. The molecule has 2 aliphatic carbocycles. The Bertz CT molecular complexity index is 1410. The normalized spacial score (nSPS) is 18.3. The number of nitrogen functional groups attached to an aromatic ring is 1. The van der Waals surface area contributed by atoms with Crippen LogP contribution in [0.4, 0.5) is 16.2 Å². The third-order valence-corrected chi connectivity index (χ3v) is 8.18. The highest BCUT2D eigenvalue weighted by Gasteiger charge is 2.31. The Morgan fingerprint density at radius 1 is 1.05 bits per heavy atom. The van der Waals surface area contributed by atoms with E-state index in [-0.39, 0.29) is 43.9 Å².